The fraction of sp³-hybridized carbons (Fsp3) is 1.00. The Hall–Kier alpha value is 0.880. The molecule has 0 fully saturated rings. The maximum absolute atomic E-state index is 14.0. The largest absolute Gasteiger partial charge is 0.379 e. The fourth-order valence-corrected chi connectivity index (χ4v) is 8.70. The molecule has 0 aliphatic rings. The van der Waals surface area contributed by atoms with Crippen molar-refractivity contribution in [1.29, 1.82) is 0 Å². The summed E-state index contributed by atoms with van der Waals surface area (Å²) in [6, 6.07) is 0. The quantitative estimate of drug-likeness (QED) is 0.0575. The lowest BCUT2D eigenvalue weighted by molar-refractivity contribution is 0.178. The molecule has 10 heteroatoms. The average molecular weight is 582 g/mol. The molecule has 0 bridgehead atoms. The molecule has 0 unspecified atom stereocenters. The van der Waals surface area contributed by atoms with Crippen molar-refractivity contribution >= 4 is 38.4 Å². The zero-order valence-electron chi connectivity index (χ0n) is 22.7. The summed E-state index contributed by atoms with van der Waals surface area (Å²) < 4.78 is 48.4. The zero-order chi connectivity index (χ0) is 26.5. The minimum Gasteiger partial charge on any atom is -0.306 e. The van der Waals surface area contributed by atoms with Gasteiger partial charge in [0.2, 0.25) is 0 Å². The van der Waals surface area contributed by atoms with Crippen molar-refractivity contribution in [2.24, 2.45) is 0 Å². The van der Waals surface area contributed by atoms with Crippen molar-refractivity contribution < 1.29 is 27.2 Å². The van der Waals surface area contributed by atoms with Crippen molar-refractivity contribution in [2.45, 2.75) is 134 Å². The monoisotopic (exact) mass is 580 g/mol. The highest BCUT2D eigenvalue weighted by atomic mass is 35.5. The van der Waals surface area contributed by atoms with E-state index >= 15 is 0 Å². The Balaban J connectivity index is 5.56. The molecule has 0 N–H and O–H groups in total. The molecule has 0 atom stereocenters. The topological polar surface area (TPSA) is 71.1 Å². The van der Waals surface area contributed by atoms with E-state index in [2.05, 4.69) is 27.7 Å². The van der Waals surface area contributed by atoms with Gasteiger partial charge in [0.25, 0.3) is 0 Å². The first kappa shape index (κ1) is 35.9. The van der Waals surface area contributed by atoms with E-state index in [0.717, 1.165) is 77.0 Å². The van der Waals surface area contributed by atoms with E-state index in [9.17, 15) is 9.13 Å². The second-order valence-electron chi connectivity index (χ2n) is 9.08. The van der Waals surface area contributed by atoms with E-state index in [-0.39, 0.29) is 26.4 Å². The maximum atomic E-state index is 14.0. The zero-order valence-corrected chi connectivity index (χ0v) is 26.0. The molecule has 0 saturated carbocycles. The Morgan fingerprint density at radius 1 is 0.457 bits per heavy atom. The molecule has 35 heavy (non-hydrogen) atoms. The van der Waals surface area contributed by atoms with Gasteiger partial charge in [-0.2, -0.15) is 0 Å². The van der Waals surface area contributed by atoms with Crippen LogP contribution in [0.3, 0.4) is 0 Å². The van der Waals surface area contributed by atoms with Crippen LogP contribution in [0.5, 0.6) is 0 Å². The molecule has 0 saturated heterocycles. The normalized spacial score (nSPS) is 13.0. The smallest absolute Gasteiger partial charge is 0.306 e. The van der Waals surface area contributed by atoms with E-state index in [0.29, 0.717) is 25.7 Å². The van der Waals surface area contributed by atoms with Crippen molar-refractivity contribution in [3.8, 4) is 0 Å². The van der Waals surface area contributed by atoms with Crippen LogP contribution in [-0.4, -0.2) is 30.2 Å². The molecular formula is C25H52Cl2O6P2. The first-order chi connectivity index (χ1) is 16.7. The van der Waals surface area contributed by atoms with Gasteiger partial charge >= 0.3 is 19.0 Å². The fourth-order valence-electron chi connectivity index (χ4n) is 3.39. The molecule has 0 aromatic rings. The van der Waals surface area contributed by atoms with Crippen molar-refractivity contribution in [1.82, 2.24) is 0 Å². The molecular weight excluding hydrogens is 529 g/mol. The Morgan fingerprint density at radius 3 is 0.886 bits per heavy atom. The summed E-state index contributed by atoms with van der Waals surface area (Å²) in [6.45, 7) is 9.06. The highest BCUT2D eigenvalue weighted by Gasteiger charge is 2.64. The molecule has 0 aliphatic heterocycles. The molecule has 0 radical (unpaired) electrons. The summed E-state index contributed by atoms with van der Waals surface area (Å²) in [5.41, 5.74) is 0. The van der Waals surface area contributed by atoms with Gasteiger partial charge in [0, 0.05) is 0 Å². The third kappa shape index (κ3) is 14.6. The van der Waals surface area contributed by atoms with E-state index < -0.39 is 19.0 Å². The van der Waals surface area contributed by atoms with Crippen LogP contribution in [0.15, 0.2) is 0 Å². The summed E-state index contributed by atoms with van der Waals surface area (Å²) in [4.78, 5) is 0. The molecule has 6 nitrogen and oxygen atoms in total. The van der Waals surface area contributed by atoms with E-state index in [4.69, 9.17) is 41.3 Å². The van der Waals surface area contributed by atoms with Gasteiger partial charge in [0.05, 0.1) is 26.4 Å². The van der Waals surface area contributed by atoms with E-state index in [1.807, 2.05) is 0 Å². The maximum Gasteiger partial charge on any atom is 0.379 e. The first-order valence-corrected chi connectivity index (χ1v) is 17.7. The molecule has 212 valence electrons. The van der Waals surface area contributed by atoms with Crippen molar-refractivity contribution in [3.05, 3.63) is 0 Å². The molecule has 0 spiro atoms. The molecule has 0 heterocycles. The van der Waals surface area contributed by atoms with Gasteiger partial charge in [-0.05, 0) is 25.7 Å². The van der Waals surface area contributed by atoms with Gasteiger partial charge in [-0.15, -0.1) is 0 Å². The lowest BCUT2D eigenvalue weighted by Gasteiger charge is -2.34. The number of hydrogen-bond acceptors (Lipinski definition) is 6. The Labute approximate surface area is 225 Å². The summed E-state index contributed by atoms with van der Waals surface area (Å²) in [5, 5.41) is 0. The van der Waals surface area contributed by atoms with Gasteiger partial charge in [-0.1, -0.05) is 128 Å². The number of rotatable bonds is 26. The van der Waals surface area contributed by atoms with Gasteiger partial charge in [0.1, 0.15) is 0 Å². The number of hydrogen-bond donors (Lipinski definition) is 0. The predicted octanol–water partition coefficient (Wildman–Crippen LogP) is 10.8. The number of unbranched alkanes of at least 4 members (excludes halogenated alkanes) is 12. The van der Waals surface area contributed by atoms with Crippen LogP contribution in [0.2, 0.25) is 0 Å². The van der Waals surface area contributed by atoms with Crippen LogP contribution in [0.1, 0.15) is 130 Å². The average Bonchev–Trinajstić information content (AvgIpc) is 2.83. The highest BCUT2D eigenvalue weighted by Crippen LogP contribution is 2.81. The Morgan fingerprint density at radius 2 is 0.686 bits per heavy atom. The molecule has 0 amide bonds. The minimum absolute atomic E-state index is 0.153. The van der Waals surface area contributed by atoms with Crippen LogP contribution < -0.4 is 0 Å². The molecule has 0 rings (SSSR count). The van der Waals surface area contributed by atoms with Gasteiger partial charge in [0.15, 0.2) is 0 Å². The summed E-state index contributed by atoms with van der Waals surface area (Å²) in [6.07, 6.45) is 14.8. The van der Waals surface area contributed by atoms with Crippen molar-refractivity contribution in [2.75, 3.05) is 26.4 Å². The Bertz CT molecular complexity index is 508. The summed E-state index contributed by atoms with van der Waals surface area (Å²) in [7, 11) is -8.49. The van der Waals surface area contributed by atoms with Crippen LogP contribution >= 0.6 is 38.4 Å². The molecule has 0 aromatic heterocycles. The summed E-state index contributed by atoms with van der Waals surface area (Å²) in [5.74, 6) is 0. The van der Waals surface area contributed by atoms with Gasteiger partial charge < -0.3 is 18.1 Å². The minimum atomic E-state index is -4.25. The molecule has 0 aliphatic carbocycles. The van der Waals surface area contributed by atoms with Crippen LogP contribution in [0, 0.1) is 0 Å². The van der Waals surface area contributed by atoms with Crippen LogP contribution in [0.4, 0.5) is 0 Å². The number of halogens is 2. The lowest BCUT2D eigenvalue weighted by atomic mass is 10.2. The third-order valence-electron chi connectivity index (χ3n) is 5.70. The highest BCUT2D eigenvalue weighted by molar-refractivity contribution is 7.80. The number of alkyl halides is 2. The summed E-state index contributed by atoms with van der Waals surface area (Å²) >= 11 is 13.3. The van der Waals surface area contributed by atoms with Crippen LogP contribution in [-0.2, 0) is 27.2 Å². The van der Waals surface area contributed by atoms with Crippen molar-refractivity contribution in [3.63, 3.8) is 0 Å². The molecule has 0 aromatic carbocycles. The Kier molecular flexibility index (Phi) is 22.3. The second-order valence-corrected chi connectivity index (χ2v) is 16.2. The predicted molar refractivity (Wildman–Crippen MR) is 150 cm³/mol. The van der Waals surface area contributed by atoms with Gasteiger partial charge in [-0.25, -0.2) is 0 Å². The van der Waals surface area contributed by atoms with Crippen LogP contribution in [0.25, 0.3) is 0 Å². The first-order valence-electron chi connectivity index (χ1n) is 13.9. The van der Waals surface area contributed by atoms with E-state index in [1.165, 1.54) is 0 Å². The SMILES string of the molecule is CCCCCCOP(=O)(OCCCCCC)C(Cl)(Cl)P(=O)(OCCCCCC)OCCCCCC. The van der Waals surface area contributed by atoms with Gasteiger partial charge in [-0.3, -0.25) is 9.13 Å². The third-order valence-corrected chi connectivity index (χ3v) is 13.1. The second kappa shape index (κ2) is 21.8. The van der Waals surface area contributed by atoms with E-state index in [1.54, 1.807) is 0 Å². The lowest BCUT2D eigenvalue weighted by Crippen LogP contribution is -2.22. The standard InChI is InChI=1S/C25H52Cl2O6P2/c1-5-9-13-17-21-30-34(28,31-22-18-14-10-6-2)25(26,27)35(29,32-23-19-15-11-7-3)33-24-20-16-12-8-4/h5-24H2,1-4H3.